The molecule has 1 heterocycles. The third kappa shape index (κ3) is 3.38. The smallest absolute Gasteiger partial charge is 0.230 e. The maximum atomic E-state index is 11.6. The van der Waals surface area contributed by atoms with Crippen molar-refractivity contribution in [2.24, 2.45) is 0 Å². The van der Waals surface area contributed by atoms with Gasteiger partial charge in [0.05, 0.1) is 0 Å². The Labute approximate surface area is 145 Å². The summed E-state index contributed by atoms with van der Waals surface area (Å²) in [6.07, 6.45) is 7.87. The molecule has 0 saturated heterocycles. The molecule has 0 atom stereocenters. The van der Waals surface area contributed by atoms with Crippen LogP contribution in [0.5, 0.6) is 0 Å². The molecule has 4 heteroatoms. The third-order valence-corrected chi connectivity index (χ3v) is 7.63. The van der Waals surface area contributed by atoms with Gasteiger partial charge in [-0.15, -0.1) is 0 Å². The molecule has 0 fully saturated rings. The molecule has 1 N–H and O–H groups in total. The summed E-state index contributed by atoms with van der Waals surface area (Å²) in [5.41, 5.74) is 2.11. The standard InChI is InChI=1S/C20H26N2OP/c1-16-19(12-14-21(3)4)20(13-15-22(5)6)17(2)24(16,23)18-10-8-7-9-11-18/h7-15,23H,3,5H2,1-2,4,6H3/q+3/b14-12-,15-13-. The van der Waals surface area contributed by atoms with Gasteiger partial charge in [-0.3, -0.25) is 0 Å². The Kier molecular flexibility index (Phi) is 5.48. The first-order chi connectivity index (χ1) is 11.3. The summed E-state index contributed by atoms with van der Waals surface area (Å²) in [5, 5.41) is 3.03. The van der Waals surface area contributed by atoms with E-state index in [9.17, 15) is 4.89 Å². The van der Waals surface area contributed by atoms with Crippen LogP contribution in [0, 0.1) is 0 Å². The van der Waals surface area contributed by atoms with Crippen LogP contribution >= 0.6 is 7.49 Å². The highest BCUT2D eigenvalue weighted by molar-refractivity contribution is 7.85. The van der Waals surface area contributed by atoms with Gasteiger partial charge in [-0.05, 0) is 26.0 Å². The van der Waals surface area contributed by atoms with E-state index in [1.54, 1.807) is 9.15 Å². The Balaban J connectivity index is 2.68. The van der Waals surface area contributed by atoms with E-state index in [4.69, 9.17) is 0 Å². The number of allylic oxidation sites excluding steroid dienone is 6. The van der Waals surface area contributed by atoms with Crippen molar-refractivity contribution in [3.8, 4) is 0 Å². The molecule has 0 amide bonds. The Hall–Kier alpha value is -2.09. The first-order valence-corrected chi connectivity index (χ1v) is 9.56. The van der Waals surface area contributed by atoms with Crippen molar-refractivity contribution in [3.63, 3.8) is 0 Å². The third-order valence-electron chi connectivity index (χ3n) is 4.16. The second kappa shape index (κ2) is 7.21. The molecule has 1 aliphatic heterocycles. The summed E-state index contributed by atoms with van der Waals surface area (Å²) in [5.74, 6) is 0. The van der Waals surface area contributed by atoms with Crippen molar-refractivity contribution >= 4 is 26.2 Å². The minimum atomic E-state index is -2.51. The topological polar surface area (TPSA) is 26.2 Å². The first kappa shape index (κ1) is 18.3. The van der Waals surface area contributed by atoms with E-state index < -0.39 is 7.49 Å². The summed E-state index contributed by atoms with van der Waals surface area (Å²) in [6.45, 7) is 11.8. The maximum Gasteiger partial charge on any atom is 0.230 e. The van der Waals surface area contributed by atoms with Crippen molar-refractivity contribution in [3.05, 3.63) is 76.7 Å². The highest BCUT2D eigenvalue weighted by Crippen LogP contribution is 2.73. The molecule has 124 valence electrons. The number of nitrogens with zero attached hydrogens (tertiary/aromatic N) is 2. The van der Waals surface area contributed by atoms with Crippen LogP contribution in [0.4, 0.5) is 0 Å². The van der Waals surface area contributed by atoms with E-state index >= 15 is 0 Å². The van der Waals surface area contributed by atoms with Crippen LogP contribution in [-0.2, 0) is 0 Å². The van der Waals surface area contributed by atoms with Gasteiger partial charge in [0.25, 0.3) is 0 Å². The van der Waals surface area contributed by atoms with Crippen LogP contribution in [0.1, 0.15) is 13.8 Å². The fourth-order valence-corrected chi connectivity index (χ4v) is 5.81. The minimum absolute atomic E-state index is 0.986. The lowest BCUT2D eigenvalue weighted by atomic mass is 10.1. The van der Waals surface area contributed by atoms with Crippen molar-refractivity contribution in [1.82, 2.24) is 0 Å². The average molecular weight is 341 g/mol. The molecule has 2 rings (SSSR count). The fraction of sp³-hybridized carbons (Fsp3) is 0.200. The predicted molar refractivity (Wildman–Crippen MR) is 106 cm³/mol. The van der Waals surface area contributed by atoms with Crippen molar-refractivity contribution in [2.45, 2.75) is 13.8 Å². The van der Waals surface area contributed by atoms with E-state index in [-0.39, 0.29) is 0 Å². The lowest BCUT2D eigenvalue weighted by molar-refractivity contribution is -0.412. The molecule has 3 nitrogen and oxygen atoms in total. The van der Waals surface area contributed by atoms with Gasteiger partial charge in [0.15, 0.2) is 12.4 Å². The summed E-state index contributed by atoms with van der Waals surface area (Å²) in [6, 6.07) is 9.95. The molecular formula is C20H26N2OP+3. The second-order valence-electron chi connectivity index (χ2n) is 6.11. The van der Waals surface area contributed by atoms with Crippen LogP contribution in [-0.4, -0.2) is 41.6 Å². The van der Waals surface area contributed by atoms with Crippen LogP contribution in [0.2, 0.25) is 0 Å². The Bertz CT molecular complexity index is 752. The van der Waals surface area contributed by atoms with Gasteiger partial charge >= 0.3 is 0 Å². The molecule has 0 spiro atoms. The van der Waals surface area contributed by atoms with Crippen molar-refractivity contribution < 1.29 is 14.0 Å². The summed E-state index contributed by atoms with van der Waals surface area (Å²) < 4.78 is 3.51. The van der Waals surface area contributed by atoms with Gasteiger partial charge in [-0.1, -0.05) is 18.2 Å². The first-order valence-electron chi connectivity index (χ1n) is 7.82. The number of hydrogen-bond acceptors (Lipinski definition) is 1. The molecule has 0 aliphatic carbocycles. The number of hydrogen-bond donors (Lipinski definition) is 1. The molecule has 0 unspecified atom stereocenters. The highest BCUT2D eigenvalue weighted by atomic mass is 31.2. The SMILES string of the molecule is C=[N+](C)/C=C\C1=C(C)[P+](O)(c2ccccc2)C(C)=C1/C=C\[N+](=C)C. The Morgan fingerprint density at radius 2 is 1.29 bits per heavy atom. The van der Waals surface area contributed by atoms with Crippen LogP contribution in [0.25, 0.3) is 0 Å². The molecule has 1 aromatic rings. The summed E-state index contributed by atoms with van der Waals surface area (Å²) in [4.78, 5) is 11.6. The maximum absolute atomic E-state index is 11.6. The van der Waals surface area contributed by atoms with Gasteiger partial charge in [0.1, 0.15) is 43.5 Å². The summed E-state index contributed by atoms with van der Waals surface area (Å²) >= 11 is 0. The zero-order valence-corrected chi connectivity index (χ0v) is 15.8. The van der Waals surface area contributed by atoms with Crippen LogP contribution in [0.15, 0.2) is 76.7 Å². The second-order valence-corrected chi connectivity index (χ2v) is 9.24. The van der Waals surface area contributed by atoms with Crippen molar-refractivity contribution in [2.75, 3.05) is 14.1 Å². The Morgan fingerprint density at radius 1 is 0.875 bits per heavy atom. The number of rotatable bonds is 5. The van der Waals surface area contributed by atoms with E-state index in [0.717, 1.165) is 27.1 Å². The average Bonchev–Trinajstić information content (AvgIpc) is 2.73. The van der Waals surface area contributed by atoms with Crippen LogP contribution in [0.3, 0.4) is 0 Å². The zero-order chi connectivity index (χ0) is 17.9. The molecule has 24 heavy (non-hydrogen) atoms. The van der Waals surface area contributed by atoms with Gasteiger partial charge in [-0.25, -0.2) is 14.0 Å². The molecule has 0 saturated carbocycles. The fourth-order valence-electron chi connectivity index (χ4n) is 2.85. The van der Waals surface area contributed by atoms with Gasteiger partial charge in [0.2, 0.25) is 7.49 Å². The normalized spacial score (nSPS) is 17.4. The minimum Gasteiger partial charge on any atom is -0.236 e. The lowest BCUT2D eigenvalue weighted by Gasteiger charge is -2.17. The molecule has 0 radical (unpaired) electrons. The monoisotopic (exact) mass is 341 g/mol. The van der Waals surface area contributed by atoms with Crippen molar-refractivity contribution in [1.29, 1.82) is 0 Å². The number of benzene rings is 1. The van der Waals surface area contributed by atoms with Crippen LogP contribution < -0.4 is 5.30 Å². The Morgan fingerprint density at radius 3 is 1.67 bits per heavy atom. The largest absolute Gasteiger partial charge is 0.236 e. The van der Waals surface area contributed by atoms with E-state index in [1.807, 2.05) is 82.8 Å². The molecule has 1 aromatic carbocycles. The van der Waals surface area contributed by atoms with Gasteiger partial charge in [0, 0.05) is 23.3 Å². The highest BCUT2D eigenvalue weighted by Gasteiger charge is 2.51. The molecule has 0 aromatic heterocycles. The molecule has 0 bridgehead atoms. The van der Waals surface area contributed by atoms with E-state index in [2.05, 4.69) is 13.4 Å². The molecule has 1 aliphatic rings. The zero-order valence-electron chi connectivity index (χ0n) is 14.9. The quantitative estimate of drug-likeness (QED) is 0.495. The lowest BCUT2D eigenvalue weighted by Crippen LogP contribution is -2.10. The van der Waals surface area contributed by atoms with Gasteiger partial charge in [-0.2, -0.15) is 0 Å². The predicted octanol–water partition coefficient (Wildman–Crippen LogP) is 3.51. The molecular weight excluding hydrogens is 315 g/mol. The van der Waals surface area contributed by atoms with E-state index in [0.29, 0.717) is 0 Å². The van der Waals surface area contributed by atoms with Gasteiger partial charge < -0.3 is 0 Å². The summed E-state index contributed by atoms with van der Waals surface area (Å²) in [7, 11) is 1.26. The van der Waals surface area contributed by atoms with E-state index in [1.165, 1.54) is 0 Å².